The van der Waals surface area contributed by atoms with Gasteiger partial charge in [0.1, 0.15) is 0 Å². The SMILES string of the molecule is CC1CN(C2CCC3(CCCC3)CC2)CC(C)N1. The minimum absolute atomic E-state index is 0.677. The lowest BCUT2D eigenvalue weighted by molar-refractivity contribution is 0.0603. The molecule has 0 aromatic heterocycles. The summed E-state index contributed by atoms with van der Waals surface area (Å²) in [6.45, 7) is 7.21. The summed E-state index contributed by atoms with van der Waals surface area (Å²) < 4.78 is 0. The first-order valence-corrected chi connectivity index (χ1v) is 8.17. The van der Waals surface area contributed by atoms with Gasteiger partial charge >= 0.3 is 0 Å². The maximum Gasteiger partial charge on any atom is 0.0169 e. The van der Waals surface area contributed by atoms with Gasteiger partial charge in [0.2, 0.25) is 0 Å². The zero-order valence-corrected chi connectivity index (χ0v) is 12.3. The Balaban J connectivity index is 1.55. The third-order valence-electron chi connectivity index (χ3n) is 5.78. The van der Waals surface area contributed by atoms with Crippen LogP contribution in [0.15, 0.2) is 0 Å². The molecule has 2 saturated carbocycles. The van der Waals surface area contributed by atoms with Gasteiger partial charge in [-0.25, -0.2) is 0 Å². The van der Waals surface area contributed by atoms with Gasteiger partial charge < -0.3 is 5.32 Å². The fourth-order valence-corrected chi connectivity index (χ4v) is 4.87. The molecule has 0 amide bonds. The van der Waals surface area contributed by atoms with Crippen LogP contribution in [-0.4, -0.2) is 36.1 Å². The van der Waals surface area contributed by atoms with Gasteiger partial charge in [-0.05, 0) is 57.8 Å². The van der Waals surface area contributed by atoms with Crippen LogP contribution in [0.25, 0.3) is 0 Å². The van der Waals surface area contributed by atoms with Gasteiger partial charge in [-0.1, -0.05) is 12.8 Å². The summed E-state index contributed by atoms with van der Waals surface area (Å²) in [5.41, 5.74) is 0.793. The molecule has 0 bridgehead atoms. The van der Waals surface area contributed by atoms with Crippen molar-refractivity contribution >= 4 is 0 Å². The van der Waals surface area contributed by atoms with Gasteiger partial charge in [0.25, 0.3) is 0 Å². The molecule has 3 rings (SSSR count). The molecular weight excluding hydrogens is 220 g/mol. The lowest BCUT2D eigenvalue weighted by Gasteiger charge is -2.46. The molecule has 3 fully saturated rings. The highest BCUT2D eigenvalue weighted by molar-refractivity contribution is 4.94. The summed E-state index contributed by atoms with van der Waals surface area (Å²) >= 11 is 0. The van der Waals surface area contributed by atoms with Crippen LogP contribution in [0.2, 0.25) is 0 Å². The summed E-state index contributed by atoms with van der Waals surface area (Å²) in [5, 5.41) is 3.66. The Morgan fingerprint density at radius 2 is 1.44 bits per heavy atom. The maximum atomic E-state index is 3.66. The van der Waals surface area contributed by atoms with Crippen LogP contribution in [-0.2, 0) is 0 Å². The molecule has 0 aromatic rings. The van der Waals surface area contributed by atoms with Crippen molar-refractivity contribution in [2.45, 2.75) is 83.3 Å². The number of hydrogen-bond donors (Lipinski definition) is 1. The molecule has 1 heterocycles. The molecule has 18 heavy (non-hydrogen) atoms. The molecule has 104 valence electrons. The molecule has 2 atom stereocenters. The molecule has 2 unspecified atom stereocenters. The molecule has 1 N–H and O–H groups in total. The Labute approximate surface area is 113 Å². The Kier molecular flexibility index (Phi) is 3.68. The first kappa shape index (κ1) is 12.9. The summed E-state index contributed by atoms with van der Waals surface area (Å²) in [6.07, 6.45) is 12.1. The van der Waals surface area contributed by atoms with Gasteiger partial charge in [-0.3, -0.25) is 4.90 Å². The average Bonchev–Trinajstić information content (AvgIpc) is 2.77. The minimum atomic E-state index is 0.677. The Morgan fingerprint density at radius 1 is 0.889 bits per heavy atom. The second-order valence-electron chi connectivity index (χ2n) is 7.36. The predicted molar refractivity (Wildman–Crippen MR) is 76.8 cm³/mol. The van der Waals surface area contributed by atoms with Crippen molar-refractivity contribution in [2.24, 2.45) is 5.41 Å². The van der Waals surface area contributed by atoms with Gasteiger partial charge in [0.15, 0.2) is 0 Å². The van der Waals surface area contributed by atoms with Crippen molar-refractivity contribution in [1.29, 1.82) is 0 Å². The molecule has 2 aliphatic carbocycles. The van der Waals surface area contributed by atoms with Gasteiger partial charge in [-0.2, -0.15) is 0 Å². The van der Waals surface area contributed by atoms with Crippen molar-refractivity contribution in [1.82, 2.24) is 10.2 Å². The number of nitrogens with one attached hydrogen (secondary N) is 1. The summed E-state index contributed by atoms with van der Waals surface area (Å²) in [7, 11) is 0. The van der Waals surface area contributed by atoms with Crippen molar-refractivity contribution < 1.29 is 0 Å². The quantitative estimate of drug-likeness (QED) is 0.769. The van der Waals surface area contributed by atoms with E-state index in [-0.39, 0.29) is 0 Å². The maximum absolute atomic E-state index is 3.66. The average molecular weight is 250 g/mol. The van der Waals surface area contributed by atoms with Crippen LogP contribution < -0.4 is 5.32 Å². The van der Waals surface area contributed by atoms with E-state index in [9.17, 15) is 0 Å². The van der Waals surface area contributed by atoms with Gasteiger partial charge in [-0.15, -0.1) is 0 Å². The minimum Gasteiger partial charge on any atom is -0.309 e. The lowest BCUT2D eigenvalue weighted by atomic mass is 9.71. The van der Waals surface area contributed by atoms with E-state index in [1.54, 1.807) is 0 Å². The first-order chi connectivity index (χ1) is 8.67. The van der Waals surface area contributed by atoms with E-state index in [1.165, 1.54) is 64.5 Å². The monoisotopic (exact) mass is 250 g/mol. The van der Waals surface area contributed by atoms with E-state index >= 15 is 0 Å². The van der Waals surface area contributed by atoms with Crippen LogP contribution in [0.4, 0.5) is 0 Å². The van der Waals surface area contributed by atoms with Crippen LogP contribution in [0.5, 0.6) is 0 Å². The highest BCUT2D eigenvalue weighted by Crippen LogP contribution is 2.49. The smallest absolute Gasteiger partial charge is 0.0169 e. The highest BCUT2D eigenvalue weighted by atomic mass is 15.2. The van der Waals surface area contributed by atoms with Gasteiger partial charge in [0, 0.05) is 31.2 Å². The molecule has 2 nitrogen and oxygen atoms in total. The van der Waals surface area contributed by atoms with Crippen molar-refractivity contribution in [3.8, 4) is 0 Å². The zero-order valence-electron chi connectivity index (χ0n) is 12.3. The fraction of sp³-hybridized carbons (Fsp3) is 1.00. The predicted octanol–water partition coefficient (Wildman–Crippen LogP) is 3.17. The molecular formula is C16H30N2. The van der Waals surface area contributed by atoms with Crippen LogP contribution in [0.1, 0.15) is 65.2 Å². The highest BCUT2D eigenvalue weighted by Gasteiger charge is 2.39. The number of nitrogens with zero attached hydrogens (tertiary/aromatic N) is 1. The molecule has 1 saturated heterocycles. The molecule has 0 aromatic carbocycles. The second kappa shape index (κ2) is 5.13. The Morgan fingerprint density at radius 3 is 2.00 bits per heavy atom. The Hall–Kier alpha value is -0.0800. The Bertz CT molecular complexity index is 263. The fourth-order valence-electron chi connectivity index (χ4n) is 4.87. The van der Waals surface area contributed by atoms with Crippen LogP contribution in [0, 0.1) is 5.41 Å². The molecule has 1 spiro atoms. The molecule has 0 radical (unpaired) electrons. The van der Waals surface area contributed by atoms with Crippen LogP contribution >= 0.6 is 0 Å². The second-order valence-corrected chi connectivity index (χ2v) is 7.36. The van der Waals surface area contributed by atoms with E-state index in [4.69, 9.17) is 0 Å². The van der Waals surface area contributed by atoms with Crippen LogP contribution in [0.3, 0.4) is 0 Å². The van der Waals surface area contributed by atoms with Crippen molar-refractivity contribution in [3.05, 3.63) is 0 Å². The number of hydrogen-bond acceptors (Lipinski definition) is 2. The summed E-state index contributed by atoms with van der Waals surface area (Å²) in [5.74, 6) is 0. The van der Waals surface area contributed by atoms with E-state index in [0.29, 0.717) is 12.1 Å². The topological polar surface area (TPSA) is 15.3 Å². The summed E-state index contributed by atoms with van der Waals surface area (Å²) in [6, 6.07) is 2.25. The largest absolute Gasteiger partial charge is 0.309 e. The normalized spacial score (nSPS) is 38.3. The van der Waals surface area contributed by atoms with E-state index in [2.05, 4.69) is 24.1 Å². The first-order valence-electron chi connectivity index (χ1n) is 8.17. The standard InChI is InChI=1S/C16H30N2/c1-13-11-18(12-14(2)17-13)15-5-9-16(10-6-15)7-3-4-8-16/h13-15,17H,3-12H2,1-2H3. The van der Waals surface area contributed by atoms with Gasteiger partial charge in [0.05, 0.1) is 0 Å². The third-order valence-corrected chi connectivity index (χ3v) is 5.78. The third kappa shape index (κ3) is 2.60. The van der Waals surface area contributed by atoms with Crippen molar-refractivity contribution in [3.63, 3.8) is 0 Å². The number of piperazine rings is 1. The summed E-state index contributed by atoms with van der Waals surface area (Å²) in [4.78, 5) is 2.79. The van der Waals surface area contributed by atoms with Crippen molar-refractivity contribution in [2.75, 3.05) is 13.1 Å². The van der Waals surface area contributed by atoms with E-state index in [0.717, 1.165) is 11.5 Å². The van der Waals surface area contributed by atoms with E-state index < -0.39 is 0 Å². The number of rotatable bonds is 1. The van der Waals surface area contributed by atoms with E-state index in [1.807, 2.05) is 0 Å². The lowest BCUT2D eigenvalue weighted by Crippen LogP contribution is -2.57. The molecule has 1 aliphatic heterocycles. The zero-order chi connectivity index (χ0) is 12.6. The molecule has 3 aliphatic rings. The molecule has 2 heteroatoms.